The van der Waals surface area contributed by atoms with Crippen LogP contribution >= 0.6 is 23.2 Å². The van der Waals surface area contributed by atoms with Crippen molar-refractivity contribution in [1.29, 1.82) is 0 Å². The molecule has 24 heavy (non-hydrogen) atoms. The van der Waals surface area contributed by atoms with Crippen molar-refractivity contribution in [3.8, 4) is 0 Å². The Morgan fingerprint density at radius 2 is 1.92 bits per heavy atom. The van der Waals surface area contributed by atoms with Crippen molar-refractivity contribution in [3.63, 3.8) is 0 Å². The lowest BCUT2D eigenvalue weighted by atomic mass is 9.76. The Bertz CT molecular complexity index is 627. The van der Waals surface area contributed by atoms with Gasteiger partial charge < -0.3 is 20.7 Å². The Kier molecular flexibility index (Phi) is 5.18. The SMILES string of the molecule is O=C(NCC1CC2(CCNCC2)C(=O)O1)Nc1cc(Cl)cc(Cl)c1. The van der Waals surface area contributed by atoms with Crippen molar-refractivity contribution < 1.29 is 14.3 Å². The molecule has 2 aliphatic heterocycles. The van der Waals surface area contributed by atoms with Crippen LogP contribution in [0.25, 0.3) is 0 Å². The lowest BCUT2D eigenvalue weighted by Crippen LogP contribution is -2.40. The molecule has 1 atom stereocenters. The van der Waals surface area contributed by atoms with E-state index in [-0.39, 0.29) is 24.0 Å². The number of urea groups is 1. The van der Waals surface area contributed by atoms with Crippen molar-refractivity contribution in [2.75, 3.05) is 25.0 Å². The second-order valence-electron chi connectivity index (χ2n) is 6.25. The zero-order chi connectivity index (χ0) is 17.2. The maximum absolute atomic E-state index is 12.2. The largest absolute Gasteiger partial charge is 0.460 e. The molecule has 3 rings (SSSR count). The molecule has 1 unspecified atom stereocenters. The Morgan fingerprint density at radius 3 is 2.58 bits per heavy atom. The summed E-state index contributed by atoms with van der Waals surface area (Å²) in [7, 11) is 0. The van der Waals surface area contributed by atoms with Gasteiger partial charge in [-0.15, -0.1) is 0 Å². The second-order valence-corrected chi connectivity index (χ2v) is 7.13. The van der Waals surface area contributed by atoms with E-state index in [0.717, 1.165) is 25.9 Å². The van der Waals surface area contributed by atoms with Crippen molar-refractivity contribution in [3.05, 3.63) is 28.2 Å². The standard InChI is InChI=1S/C16H19Cl2N3O3/c17-10-5-11(18)7-12(6-10)21-15(23)20-9-13-8-16(14(22)24-13)1-3-19-4-2-16/h5-7,13,19H,1-4,8-9H2,(H2,20,21,23). The minimum Gasteiger partial charge on any atom is -0.460 e. The fourth-order valence-corrected chi connectivity index (χ4v) is 3.80. The van der Waals surface area contributed by atoms with E-state index in [1.807, 2.05) is 0 Å². The fraction of sp³-hybridized carbons (Fsp3) is 0.500. The van der Waals surface area contributed by atoms with E-state index in [0.29, 0.717) is 22.2 Å². The third-order valence-corrected chi connectivity index (χ3v) is 4.93. The lowest BCUT2D eigenvalue weighted by molar-refractivity contribution is -0.149. The van der Waals surface area contributed by atoms with E-state index in [9.17, 15) is 9.59 Å². The minimum absolute atomic E-state index is 0.141. The number of anilines is 1. The number of piperidine rings is 1. The van der Waals surface area contributed by atoms with E-state index in [2.05, 4.69) is 16.0 Å². The van der Waals surface area contributed by atoms with Crippen molar-refractivity contribution in [1.82, 2.24) is 10.6 Å². The topological polar surface area (TPSA) is 79.5 Å². The Balaban J connectivity index is 1.51. The third kappa shape index (κ3) is 3.94. The van der Waals surface area contributed by atoms with E-state index < -0.39 is 6.03 Å². The van der Waals surface area contributed by atoms with Crippen LogP contribution in [-0.4, -0.2) is 37.7 Å². The van der Waals surface area contributed by atoms with Crippen molar-refractivity contribution in [2.24, 2.45) is 5.41 Å². The van der Waals surface area contributed by atoms with E-state index in [1.54, 1.807) is 18.2 Å². The zero-order valence-corrected chi connectivity index (χ0v) is 14.5. The molecule has 0 radical (unpaired) electrons. The molecule has 2 aliphatic rings. The van der Waals surface area contributed by atoms with Crippen LogP contribution in [0.1, 0.15) is 19.3 Å². The third-order valence-electron chi connectivity index (χ3n) is 4.50. The number of halogens is 2. The van der Waals surface area contributed by atoms with Gasteiger partial charge in [-0.3, -0.25) is 4.79 Å². The molecule has 0 bridgehead atoms. The van der Waals surface area contributed by atoms with Gasteiger partial charge in [0, 0.05) is 22.2 Å². The first-order valence-corrected chi connectivity index (χ1v) is 8.65. The van der Waals surface area contributed by atoms with E-state index >= 15 is 0 Å². The number of hydrogen-bond acceptors (Lipinski definition) is 4. The van der Waals surface area contributed by atoms with Crippen LogP contribution in [0.5, 0.6) is 0 Å². The molecule has 1 aromatic carbocycles. The highest BCUT2D eigenvalue weighted by Gasteiger charge is 2.49. The van der Waals surface area contributed by atoms with Crippen LogP contribution in [0.3, 0.4) is 0 Å². The van der Waals surface area contributed by atoms with E-state index in [1.165, 1.54) is 0 Å². The summed E-state index contributed by atoms with van der Waals surface area (Å²) in [6.07, 6.45) is 1.94. The number of esters is 1. The first-order valence-electron chi connectivity index (χ1n) is 7.90. The van der Waals surface area contributed by atoms with Gasteiger partial charge in [0.2, 0.25) is 0 Å². The van der Waals surface area contributed by atoms with Crippen molar-refractivity contribution >= 4 is 40.9 Å². The monoisotopic (exact) mass is 371 g/mol. The highest BCUT2D eigenvalue weighted by Crippen LogP contribution is 2.41. The van der Waals surface area contributed by atoms with Gasteiger partial charge in [-0.25, -0.2) is 4.79 Å². The molecule has 8 heteroatoms. The first kappa shape index (κ1) is 17.3. The van der Waals surface area contributed by atoms with Crippen molar-refractivity contribution in [2.45, 2.75) is 25.4 Å². The van der Waals surface area contributed by atoms with Crippen LogP contribution in [0.4, 0.5) is 10.5 Å². The molecule has 1 aromatic rings. The summed E-state index contributed by atoms with van der Waals surface area (Å²) in [5.41, 5.74) is 0.123. The average Bonchev–Trinajstić information content (AvgIpc) is 2.81. The van der Waals surface area contributed by atoms with Gasteiger partial charge in [-0.2, -0.15) is 0 Å². The maximum atomic E-state index is 12.2. The summed E-state index contributed by atoms with van der Waals surface area (Å²) in [5, 5.41) is 9.51. The second kappa shape index (κ2) is 7.17. The van der Waals surface area contributed by atoms with Gasteiger partial charge in [0.05, 0.1) is 12.0 Å². The molecule has 2 heterocycles. The zero-order valence-electron chi connectivity index (χ0n) is 13.0. The number of benzene rings is 1. The molecule has 2 amide bonds. The number of amides is 2. The molecule has 2 fully saturated rings. The van der Waals surface area contributed by atoms with Gasteiger partial charge in [0.1, 0.15) is 6.10 Å². The Hall–Kier alpha value is -1.50. The van der Waals surface area contributed by atoms with Crippen LogP contribution in [0.2, 0.25) is 10.0 Å². The molecular formula is C16H19Cl2N3O3. The van der Waals surface area contributed by atoms with Gasteiger partial charge in [0.25, 0.3) is 0 Å². The highest BCUT2D eigenvalue weighted by molar-refractivity contribution is 6.35. The molecule has 3 N–H and O–H groups in total. The predicted molar refractivity (Wildman–Crippen MR) is 92.5 cm³/mol. The Morgan fingerprint density at radius 1 is 1.25 bits per heavy atom. The number of nitrogens with one attached hydrogen (secondary N) is 3. The van der Waals surface area contributed by atoms with Gasteiger partial charge in [-0.1, -0.05) is 23.2 Å². The number of carbonyl (C=O) groups is 2. The number of rotatable bonds is 3. The lowest BCUT2D eigenvalue weighted by Gasteiger charge is -2.29. The Labute approximate surface area is 150 Å². The maximum Gasteiger partial charge on any atom is 0.319 e. The van der Waals surface area contributed by atoms with E-state index in [4.69, 9.17) is 27.9 Å². The van der Waals surface area contributed by atoms with Gasteiger partial charge in [0.15, 0.2) is 0 Å². The molecular weight excluding hydrogens is 353 g/mol. The quantitative estimate of drug-likeness (QED) is 0.713. The number of cyclic esters (lactones) is 1. The van der Waals surface area contributed by atoms with Gasteiger partial charge >= 0.3 is 12.0 Å². The molecule has 6 nitrogen and oxygen atoms in total. The molecule has 1 spiro atoms. The molecule has 0 aliphatic carbocycles. The highest BCUT2D eigenvalue weighted by atomic mass is 35.5. The summed E-state index contributed by atoms with van der Waals surface area (Å²) < 4.78 is 5.44. The number of ether oxygens (including phenoxy) is 1. The minimum atomic E-state index is -0.393. The predicted octanol–water partition coefficient (Wildman–Crippen LogP) is 2.80. The first-order chi connectivity index (χ1) is 11.5. The summed E-state index contributed by atoms with van der Waals surface area (Å²) in [4.78, 5) is 24.1. The van der Waals surface area contributed by atoms with Crippen LogP contribution in [-0.2, 0) is 9.53 Å². The average molecular weight is 372 g/mol. The summed E-state index contributed by atoms with van der Waals surface area (Å²) in [6.45, 7) is 1.93. The molecule has 2 saturated heterocycles. The molecule has 0 aromatic heterocycles. The fourth-order valence-electron chi connectivity index (χ4n) is 3.27. The summed E-state index contributed by atoms with van der Waals surface area (Å²) in [6, 6.07) is 4.40. The number of hydrogen-bond donors (Lipinski definition) is 3. The molecule has 0 saturated carbocycles. The van der Waals surface area contributed by atoms with Gasteiger partial charge in [-0.05, 0) is 44.1 Å². The van der Waals surface area contributed by atoms with Crippen LogP contribution in [0, 0.1) is 5.41 Å². The number of carbonyl (C=O) groups excluding carboxylic acids is 2. The van der Waals surface area contributed by atoms with Crippen LogP contribution < -0.4 is 16.0 Å². The summed E-state index contributed by atoms with van der Waals surface area (Å²) in [5.74, 6) is -0.141. The normalized spacial score (nSPS) is 22.2. The molecule has 130 valence electrons. The smallest absolute Gasteiger partial charge is 0.319 e. The summed E-state index contributed by atoms with van der Waals surface area (Å²) >= 11 is 11.8. The van der Waals surface area contributed by atoms with Crippen LogP contribution in [0.15, 0.2) is 18.2 Å².